The zero-order valence-corrected chi connectivity index (χ0v) is 12.6. The second kappa shape index (κ2) is 6.95. The first kappa shape index (κ1) is 15.1. The highest BCUT2D eigenvalue weighted by Gasteiger charge is 2.12. The molecule has 1 aromatic carbocycles. The Kier molecular flexibility index (Phi) is 5.00. The molecule has 1 amide bonds. The van der Waals surface area contributed by atoms with Crippen LogP contribution < -0.4 is 15.4 Å². The average Bonchev–Trinajstić information content (AvgIpc) is 2.48. The normalized spacial score (nSPS) is 10.0. The molecule has 0 aliphatic heterocycles. The fourth-order valence-electron chi connectivity index (χ4n) is 1.87. The first-order chi connectivity index (χ1) is 10.2. The van der Waals surface area contributed by atoms with Gasteiger partial charge in [-0.1, -0.05) is 11.6 Å². The number of amides is 1. The molecule has 1 heterocycles. The number of pyridine rings is 1. The first-order valence-corrected chi connectivity index (χ1v) is 6.86. The van der Waals surface area contributed by atoms with Crippen molar-refractivity contribution in [2.24, 2.45) is 0 Å². The maximum Gasteiger partial charge on any atom is 0.257 e. The van der Waals surface area contributed by atoms with Crippen LogP contribution in [0.3, 0.4) is 0 Å². The molecule has 0 atom stereocenters. The number of anilines is 2. The Labute approximate surface area is 128 Å². The summed E-state index contributed by atoms with van der Waals surface area (Å²) in [5.74, 6) is 0.335. The van der Waals surface area contributed by atoms with Crippen molar-refractivity contribution in [1.29, 1.82) is 0 Å². The molecular formula is C15H16ClN3O2. The quantitative estimate of drug-likeness (QED) is 0.888. The number of nitrogens with zero attached hydrogens (tertiary/aromatic N) is 1. The Balaban J connectivity index is 2.20. The van der Waals surface area contributed by atoms with Crippen molar-refractivity contribution in [3.8, 4) is 5.75 Å². The van der Waals surface area contributed by atoms with E-state index in [1.807, 2.05) is 6.92 Å². The third-order valence-electron chi connectivity index (χ3n) is 2.84. The van der Waals surface area contributed by atoms with Crippen molar-refractivity contribution in [1.82, 2.24) is 4.98 Å². The number of rotatable bonds is 5. The van der Waals surface area contributed by atoms with Crippen molar-refractivity contribution in [3.63, 3.8) is 0 Å². The van der Waals surface area contributed by atoms with Gasteiger partial charge in [0.1, 0.15) is 5.75 Å². The lowest BCUT2D eigenvalue weighted by atomic mass is 10.2. The number of methoxy groups -OCH3 is 1. The minimum Gasteiger partial charge on any atom is -0.495 e. The van der Waals surface area contributed by atoms with Gasteiger partial charge < -0.3 is 15.4 Å². The van der Waals surface area contributed by atoms with Gasteiger partial charge in [-0.2, -0.15) is 0 Å². The van der Waals surface area contributed by atoms with E-state index in [0.717, 1.165) is 0 Å². The molecule has 0 saturated heterocycles. The van der Waals surface area contributed by atoms with Crippen LogP contribution >= 0.6 is 11.6 Å². The number of hydrogen-bond acceptors (Lipinski definition) is 4. The molecule has 0 aliphatic rings. The lowest BCUT2D eigenvalue weighted by Gasteiger charge is -2.11. The SMILES string of the molecule is CCNc1cnccc1C(=O)Nc1ccc(OC)c(Cl)c1. The predicted molar refractivity (Wildman–Crippen MR) is 84.4 cm³/mol. The zero-order valence-electron chi connectivity index (χ0n) is 11.8. The molecule has 0 fully saturated rings. The summed E-state index contributed by atoms with van der Waals surface area (Å²) < 4.78 is 5.08. The Hall–Kier alpha value is -2.27. The van der Waals surface area contributed by atoms with Crippen LogP contribution in [0.1, 0.15) is 17.3 Å². The predicted octanol–water partition coefficient (Wildman–Crippen LogP) is 3.43. The van der Waals surface area contributed by atoms with E-state index >= 15 is 0 Å². The van der Waals surface area contributed by atoms with E-state index in [-0.39, 0.29) is 5.91 Å². The highest BCUT2D eigenvalue weighted by Crippen LogP contribution is 2.27. The van der Waals surface area contributed by atoms with E-state index in [9.17, 15) is 4.79 Å². The standard InChI is InChI=1S/C15H16ClN3O2/c1-3-18-13-9-17-7-6-11(13)15(20)19-10-4-5-14(21-2)12(16)8-10/h4-9,18H,3H2,1-2H3,(H,19,20). The number of benzene rings is 1. The van der Waals surface area contributed by atoms with E-state index in [1.54, 1.807) is 43.8 Å². The third kappa shape index (κ3) is 3.64. The maximum absolute atomic E-state index is 12.3. The summed E-state index contributed by atoms with van der Waals surface area (Å²) in [7, 11) is 1.54. The number of aromatic nitrogens is 1. The zero-order chi connectivity index (χ0) is 15.2. The summed E-state index contributed by atoms with van der Waals surface area (Å²) >= 11 is 6.04. The summed E-state index contributed by atoms with van der Waals surface area (Å²) in [6.45, 7) is 2.66. The molecule has 2 N–H and O–H groups in total. The third-order valence-corrected chi connectivity index (χ3v) is 3.14. The molecule has 6 heteroatoms. The number of carbonyl (C=O) groups excluding carboxylic acids is 1. The summed E-state index contributed by atoms with van der Waals surface area (Å²) in [4.78, 5) is 16.3. The number of carbonyl (C=O) groups is 1. The van der Waals surface area contributed by atoms with Crippen LogP contribution in [0.4, 0.5) is 11.4 Å². The minimum absolute atomic E-state index is 0.227. The van der Waals surface area contributed by atoms with Gasteiger partial charge in [0.05, 0.1) is 29.6 Å². The first-order valence-electron chi connectivity index (χ1n) is 6.48. The summed E-state index contributed by atoms with van der Waals surface area (Å²) in [6.07, 6.45) is 3.20. The number of hydrogen-bond donors (Lipinski definition) is 2. The van der Waals surface area contributed by atoms with Crippen LogP contribution in [0, 0.1) is 0 Å². The van der Waals surface area contributed by atoms with Gasteiger partial charge in [0.2, 0.25) is 0 Å². The fraction of sp³-hybridized carbons (Fsp3) is 0.200. The van der Waals surface area contributed by atoms with Gasteiger partial charge in [0.15, 0.2) is 0 Å². The lowest BCUT2D eigenvalue weighted by molar-refractivity contribution is 0.102. The molecule has 1 aromatic heterocycles. The van der Waals surface area contributed by atoms with Crippen LogP contribution in [0.5, 0.6) is 5.75 Å². The van der Waals surface area contributed by atoms with Crippen LogP contribution in [-0.2, 0) is 0 Å². The molecular weight excluding hydrogens is 290 g/mol. The van der Waals surface area contributed by atoms with Crippen LogP contribution in [0.2, 0.25) is 5.02 Å². The number of ether oxygens (including phenoxy) is 1. The van der Waals surface area contributed by atoms with Gasteiger partial charge in [-0.05, 0) is 31.2 Å². The Morgan fingerprint density at radius 3 is 2.86 bits per heavy atom. The molecule has 21 heavy (non-hydrogen) atoms. The van der Waals surface area contributed by atoms with Crippen molar-refractivity contribution in [2.75, 3.05) is 24.3 Å². The minimum atomic E-state index is -0.227. The van der Waals surface area contributed by atoms with E-state index in [0.29, 0.717) is 34.3 Å². The summed E-state index contributed by atoms with van der Waals surface area (Å²) in [5, 5.41) is 6.35. The lowest BCUT2D eigenvalue weighted by Crippen LogP contribution is -2.15. The highest BCUT2D eigenvalue weighted by molar-refractivity contribution is 6.32. The Morgan fingerprint density at radius 2 is 2.19 bits per heavy atom. The molecule has 110 valence electrons. The molecule has 2 aromatic rings. The molecule has 0 bridgehead atoms. The van der Waals surface area contributed by atoms with Crippen molar-refractivity contribution >= 4 is 28.9 Å². The van der Waals surface area contributed by atoms with Crippen molar-refractivity contribution < 1.29 is 9.53 Å². The van der Waals surface area contributed by atoms with Gasteiger partial charge in [-0.15, -0.1) is 0 Å². The smallest absolute Gasteiger partial charge is 0.257 e. The Morgan fingerprint density at radius 1 is 1.38 bits per heavy atom. The molecule has 0 saturated carbocycles. The molecule has 0 aliphatic carbocycles. The molecule has 5 nitrogen and oxygen atoms in total. The van der Waals surface area contributed by atoms with Crippen LogP contribution in [0.25, 0.3) is 0 Å². The molecule has 0 unspecified atom stereocenters. The van der Waals surface area contributed by atoms with Crippen molar-refractivity contribution in [3.05, 3.63) is 47.2 Å². The monoisotopic (exact) mass is 305 g/mol. The van der Waals surface area contributed by atoms with Gasteiger partial charge in [0, 0.05) is 18.4 Å². The summed E-state index contributed by atoms with van der Waals surface area (Å²) in [5.41, 5.74) is 1.82. The topological polar surface area (TPSA) is 63.2 Å². The fourth-order valence-corrected chi connectivity index (χ4v) is 2.12. The van der Waals surface area contributed by atoms with Gasteiger partial charge in [0.25, 0.3) is 5.91 Å². The van der Waals surface area contributed by atoms with E-state index in [4.69, 9.17) is 16.3 Å². The number of halogens is 1. The van der Waals surface area contributed by atoms with Crippen molar-refractivity contribution in [2.45, 2.75) is 6.92 Å². The second-order valence-corrected chi connectivity index (χ2v) is 4.66. The highest BCUT2D eigenvalue weighted by atomic mass is 35.5. The second-order valence-electron chi connectivity index (χ2n) is 4.26. The van der Waals surface area contributed by atoms with E-state index in [2.05, 4.69) is 15.6 Å². The maximum atomic E-state index is 12.3. The largest absolute Gasteiger partial charge is 0.495 e. The molecule has 0 spiro atoms. The van der Waals surface area contributed by atoms with E-state index < -0.39 is 0 Å². The summed E-state index contributed by atoms with van der Waals surface area (Å²) in [6, 6.07) is 6.75. The Bertz CT molecular complexity index is 647. The molecule has 2 rings (SSSR count). The van der Waals surface area contributed by atoms with Crippen LogP contribution in [-0.4, -0.2) is 24.5 Å². The van der Waals surface area contributed by atoms with E-state index in [1.165, 1.54) is 0 Å². The number of nitrogens with one attached hydrogen (secondary N) is 2. The van der Waals surface area contributed by atoms with Gasteiger partial charge in [-0.3, -0.25) is 9.78 Å². The van der Waals surface area contributed by atoms with Gasteiger partial charge in [-0.25, -0.2) is 0 Å². The average molecular weight is 306 g/mol. The van der Waals surface area contributed by atoms with Gasteiger partial charge >= 0.3 is 0 Å². The molecule has 0 radical (unpaired) electrons. The van der Waals surface area contributed by atoms with Crippen LogP contribution in [0.15, 0.2) is 36.7 Å².